The van der Waals surface area contributed by atoms with Gasteiger partial charge < -0.3 is 10.1 Å². The number of unbranched alkanes of at least 4 members (excludes halogenated alkanes) is 3. The zero-order valence-corrected chi connectivity index (χ0v) is 16.8. The van der Waals surface area contributed by atoms with Crippen molar-refractivity contribution in [1.82, 2.24) is 10.3 Å². The summed E-state index contributed by atoms with van der Waals surface area (Å²) >= 11 is 1.53. The summed E-state index contributed by atoms with van der Waals surface area (Å²) < 4.78 is 6.32. The van der Waals surface area contributed by atoms with E-state index in [9.17, 15) is 9.59 Å². The van der Waals surface area contributed by atoms with Crippen molar-refractivity contribution in [3.05, 3.63) is 53.1 Å². The van der Waals surface area contributed by atoms with Crippen molar-refractivity contribution in [2.45, 2.75) is 44.9 Å². The van der Waals surface area contributed by atoms with Crippen LogP contribution in [0.15, 0.2) is 47.5 Å². The minimum Gasteiger partial charge on any atom is -0.461 e. The maximum Gasteiger partial charge on any atom is 0.306 e. The van der Waals surface area contributed by atoms with Crippen LogP contribution in [0.25, 0.3) is 10.2 Å². The van der Waals surface area contributed by atoms with Gasteiger partial charge in [0.05, 0.1) is 15.7 Å². The third-order valence-electron chi connectivity index (χ3n) is 4.66. The molecule has 1 N–H and O–H groups in total. The zero-order valence-electron chi connectivity index (χ0n) is 16.0. The monoisotopic (exact) mass is 400 g/mol. The van der Waals surface area contributed by atoms with Crippen LogP contribution in [-0.4, -0.2) is 30.0 Å². The average molecular weight is 401 g/mol. The van der Waals surface area contributed by atoms with Crippen LogP contribution in [-0.2, 0) is 9.53 Å². The van der Waals surface area contributed by atoms with Crippen molar-refractivity contribution < 1.29 is 15.8 Å². The van der Waals surface area contributed by atoms with Crippen molar-refractivity contribution in [1.29, 1.82) is 0 Å². The molecule has 1 aromatic carbocycles. The third kappa shape index (κ3) is 6.30. The Morgan fingerprint density at radius 3 is 2.93 bits per heavy atom. The molecule has 1 heterocycles. The van der Waals surface area contributed by atoms with Gasteiger partial charge in [-0.2, -0.15) is 0 Å². The first-order valence-corrected chi connectivity index (χ1v) is 10.7. The van der Waals surface area contributed by atoms with Gasteiger partial charge in [0.15, 0.2) is 0 Å². The van der Waals surface area contributed by atoms with Crippen molar-refractivity contribution in [2.24, 2.45) is 0 Å². The summed E-state index contributed by atoms with van der Waals surface area (Å²) in [6, 6.07) is 5.57. The van der Waals surface area contributed by atoms with E-state index in [1.807, 2.05) is 24.3 Å². The summed E-state index contributed by atoms with van der Waals surface area (Å²) in [6.45, 7) is 1.03. The van der Waals surface area contributed by atoms with Gasteiger partial charge in [-0.25, -0.2) is 4.98 Å². The number of hydrogen-bond donors (Lipinski definition) is 1. The van der Waals surface area contributed by atoms with Gasteiger partial charge in [-0.1, -0.05) is 31.1 Å². The van der Waals surface area contributed by atoms with Gasteiger partial charge in [0, 0.05) is 20.0 Å². The van der Waals surface area contributed by atoms with Crippen molar-refractivity contribution in [3.8, 4) is 0 Å². The van der Waals surface area contributed by atoms with Gasteiger partial charge in [0.25, 0.3) is 5.91 Å². The number of amides is 1. The molecule has 5 nitrogen and oxygen atoms in total. The topological polar surface area (TPSA) is 68.3 Å². The summed E-state index contributed by atoms with van der Waals surface area (Å²) in [5.41, 5.74) is 4.46. The molecular weight excluding hydrogens is 372 g/mol. The normalized spacial score (nSPS) is 13.4. The Bertz CT molecular complexity index is 876. The number of allylic oxidation sites excluding steroid dienone is 2. The smallest absolute Gasteiger partial charge is 0.306 e. The summed E-state index contributed by atoms with van der Waals surface area (Å²) in [6.07, 6.45) is 12.5. The second kappa shape index (κ2) is 10.8. The van der Waals surface area contributed by atoms with Crippen LogP contribution >= 0.6 is 11.3 Å². The highest BCUT2D eigenvalue weighted by Crippen LogP contribution is 2.19. The minimum absolute atomic E-state index is 0. The second-order valence-electron chi connectivity index (χ2n) is 6.87. The number of benzene rings is 1. The maximum absolute atomic E-state index is 12.2. The molecule has 0 spiro atoms. The lowest BCUT2D eigenvalue weighted by Crippen LogP contribution is -2.24. The molecule has 150 valence electrons. The molecule has 1 aliphatic rings. The van der Waals surface area contributed by atoms with Gasteiger partial charge >= 0.3 is 5.97 Å². The highest BCUT2D eigenvalue weighted by molar-refractivity contribution is 7.16. The molecule has 1 amide bonds. The predicted octanol–water partition coefficient (Wildman–Crippen LogP) is 5.04. The fourth-order valence-corrected chi connectivity index (χ4v) is 3.78. The number of hydrogen-bond acceptors (Lipinski definition) is 5. The molecule has 2 aromatic rings. The molecule has 0 saturated carbocycles. The molecule has 0 unspecified atom stereocenters. The van der Waals surface area contributed by atoms with Gasteiger partial charge in [-0.05, 0) is 49.5 Å². The average Bonchev–Trinajstić information content (AvgIpc) is 3.20. The van der Waals surface area contributed by atoms with Gasteiger partial charge in [0.2, 0.25) is 0 Å². The van der Waals surface area contributed by atoms with Crippen molar-refractivity contribution in [3.63, 3.8) is 0 Å². The van der Waals surface area contributed by atoms with Crippen LogP contribution in [0.2, 0.25) is 0 Å². The molecule has 0 bridgehead atoms. The van der Waals surface area contributed by atoms with Gasteiger partial charge in [-0.15, -0.1) is 11.3 Å². The van der Waals surface area contributed by atoms with Crippen LogP contribution in [0.5, 0.6) is 0 Å². The summed E-state index contributed by atoms with van der Waals surface area (Å²) in [4.78, 5) is 28.2. The van der Waals surface area contributed by atoms with Crippen molar-refractivity contribution in [2.75, 3.05) is 13.2 Å². The molecule has 0 fully saturated rings. The lowest BCUT2D eigenvalue weighted by molar-refractivity contribution is -0.142. The number of esters is 1. The first kappa shape index (κ1) is 20.3. The molecular formula is C22H28N2O3S. The Kier molecular flexibility index (Phi) is 7.79. The largest absolute Gasteiger partial charge is 0.461 e. The van der Waals surface area contributed by atoms with E-state index in [1.165, 1.54) is 11.3 Å². The molecule has 0 radical (unpaired) electrons. The highest BCUT2D eigenvalue weighted by atomic mass is 32.1. The van der Waals surface area contributed by atoms with Crippen LogP contribution in [0.4, 0.5) is 0 Å². The molecule has 1 aliphatic carbocycles. The fourth-order valence-electron chi connectivity index (χ4n) is 3.06. The SMILES string of the molecule is O=C(CCCCCCNC(=O)c1ccc2ncsc2c1)OCC1=CCCC=C1.[HH]. The number of fused-ring (bicyclic) bond motifs is 1. The third-order valence-corrected chi connectivity index (χ3v) is 5.45. The summed E-state index contributed by atoms with van der Waals surface area (Å²) in [5.74, 6) is -0.184. The summed E-state index contributed by atoms with van der Waals surface area (Å²) in [5, 5.41) is 2.95. The quantitative estimate of drug-likeness (QED) is 0.448. The van der Waals surface area contributed by atoms with Crippen LogP contribution < -0.4 is 5.32 Å². The molecule has 6 heteroatoms. The number of carbonyl (C=O) groups excluding carboxylic acids is 2. The number of ether oxygens (including phenoxy) is 1. The number of aromatic nitrogens is 1. The first-order chi connectivity index (χ1) is 13.7. The van der Waals surface area contributed by atoms with E-state index in [0.717, 1.165) is 54.3 Å². The standard InChI is InChI=1S/C22H26N2O3S.H2/c25-21(27-15-17-8-4-3-5-9-17)10-6-1-2-7-13-23-22(26)18-11-12-19-20(14-18)28-16-24-19;/h4,8-9,11-12,14,16H,1-3,5-7,10,13,15H2,(H,23,26);1H. The molecule has 0 aliphatic heterocycles. The predicted molar refractivity (Wildman–Crippen MR) is 115 cm³/mol. The molecule has 1 aromatic heterocycles. The van der Waals surface area contributed by atoms with E-state index in [2.05, 4.69) is 22.5 Å². The second-order valence-corrected chi connectivity index (χ2v) is 7.76. The molecule has 3 rings (SSSR count). The van der Waals surface area contributed by atoms with Crippen LogP contribution in [0, 0.1) is 0 Å². The Labute approximate surface area is 171 Å². The van der Waals surface area contributed by atoms with Gasteiger partial charge in [0.1, 0.15) is 6.61 Å². The number of nitrogens with one attached hydrogen (secondary N) is 1. The zero-order chi connectivity index (χ0) is 19.6. The van der Waals surface area contributed by atoms with E-state index in [0.29, 0.717) is 25.1 Å². The Morgan fingerprint density at radius 2 is 2.07 bits per heavy atom. The van der Waals surface area contributed by atoms with E-state index in [1.54, 1.807) is 5.51 Å². The lowest BCUT2D eigenvalue weighted by atomic mass is 10.1. The molecule has 0 atom stereocenters. The van der Waals surface area contributed by atoms with Gasteiger partial charge in [-0.3, -0.25) is 9.59 Å². The van der Waals surface area contributed by atoms with Crippen molar-refractivity contribution >= 4 is 33.4 Å². The van der Waals surface area contributed by atoms with E-state index in [4.69, 9.17) is 4.74 Å². The Balaban J connectivity index is 0.00000300. The number of thiazole rings is 1. The number of rotatable bonds is 10. The Morgan fingerprint density at radius 1 is 1.18 bits per heavy atom. The first-order valence-electron chi connectivity index (χ1n) is 9.85. The number of carbonyl (C=O) groups is 2. The fraction of sp³-hybridized carbons (Fsp3) is 0.409. The van der Waals surface area contributed by atoms with Crippen LogP contribution in [0.3, 0.4) is 0 Å². The Hall–Kier alpha value is -2.47. The maximum atomic E-state index is 12.2. The number of nitrogens with zero attached hydrogens (tertiary/aromatic N) is 1. The van der Waals surface area contributed by atoms with E-state index in [-0.39, 0.29) is 13.3 Å². The minimum atomic E-state index is -0.133. The lowest BCUT2D eigenvalue weighted by Gasteiger charge is -2.08. The van der Waals surface area contributed by atoms with E-state index >= 15 is 0 Å². The summed E-state index contributed by atoms with van der Waals surface area (Å²) in [7, 11) is 0. The van der Waals surface area contributed by atoms with E-state index < -0.39 is 0 Å². The molecule has 0 saturated heterocycles. The molecule has 28 heavy (non-hydrogen) atoms. The highest BCUT2D eigenvalue weighted by Gasteiger charge is 2.07. The van der Waals surface area contributed by atoms with Crippen LogP contribution in [0.1, 0.15) is 56.7 Å².